The number of rotatable bonds is 8. The van der Waals surface area contributed by atoms with Gasteiger partial charge in [0.2, 0.25) is 8.32 Å². The largest absolute Gasteiger partial charge is 0.543 e. The zero-order chi connectivity index (χ0) is 18.6. The van der Waals surface area contributed by atoms with Crippen LogP contribution in [0, 0.1) is 0 Å². The van der Waals surface area contributed by atoms with Crippen LogP contribution in [0.4, 0.5) is 0 Å². The molecule has 0 atom stereocenters. The molecule has 0 aliphatic carbocycles. The van der Waals surface area contributed by atoms with Crippen LogP contribution in [-0.2, 0) is 24.8 Å². The van der Waals surface area contributed by atoms with E-state index in [0.29, 0.717) is 0 Å². The standard InChI is InChI=1S/C17H29O5PSi/c1-17(2,3)24(6,7)22-16-11-9-8-10-14(16)12-15(18)13-23(19,20-4)21-5/h8-11H,12-13H2,1-7H3. The molecular formula is C17H29O5PSi. The maximum atomic E-state index is 12.3. The summed E-state index contributed by atoms with van der Waals surface area (Å²) in [4.78, 5) is 12.3. The molecule has 0 N–H and O–H groups in total. The Labute approximate surface area is 146 Å². The summed E-state index contributed by atoms with van der Waals surface area (Å²) in [6.45, 7) is 10.8. The van der Waals surface area contributed by atoms with Crippen LogP contribution in [0.2, 0.25) is 18.1 Å². The highest BCUT2D eigenvalue weighted by atomic mass is 31.2. The van der Waals surface area contributed by atoms with Crippen LogP contribution < -0.4 is 4.43 Å². The van der Waals surface area contributed by atoms with Crippen molar-refractivity contribution in [1.82, 2.24) is 0 Å². The van der Waals surface area contributed by atoms with Gasteiger partial charge in [-0.1, -0.05) is 39.0 Å². The molecule has 0 bridgehead atoms. The summed E-state index contributed by atoms with van der Waals surface area (Å²) in [5.74, 6) is 0.524. The Kier molecular flexibility index (Phi) is 7.00. The average molecular weight is 372 g/mol. The van der Waals surface area contributed by atoms with E-state index in [0.717, 1.165) is 11.3 Å². The van der Waals surface area contributed by atoms with E-state index in [1.807, 2.05) is 24.3 Å². The average Bonchev–Trinajstić information content (AvgIpc) is 2.47. The number of carbonyl (C=O) groups is 1. The van der Waals surface area contributed by atoms with E-state index < -0.39 is 15.9 Å². The second kappa shape index (κ2) is 7.96. The van der Waals surface area contributed by atoms with E-state index in [9.17, 15) is 9.36 Å². The van der Waals surface area contributed by atoms with Crippen LogP contribution in [0.1, 0.15) is 26.3 Å². The molecule has 0 aromatic heterocycles. The third-order valence-electron chi connectivity index (χ3n) is 4.46. The SMILES string of the molecule is COP(=O)(CC(=O)Cc1ccccc1O[Si](C)(C)C(C)(C)C)OC. The minimum atomic E-state index is -3.34. The molecule has 0 saturated heterocycles. The molecule has 136 valence electrons. The fourth-order valence-corrected chi connectivity index (χ4v) is 3.87. The van der Waals surface area contributed by atoms with Crippen molar-refractivity contribution in [3.05, 3.63) is 29.8 Å². The van der Waals surface area contributed by atoms with Gasteiger partial charge in [0, 0.05) is 26.2 Å². The molecule has 0 amide bonds. The van der Waals surface area contributed by atoms with Gasteiger partial charge in [-0.05, 0) is 24.2 Å². The molecule has 0 aliphatic rings. The molecular weight excluding hydrogens is 343 g/mol. The van der Waals surface area contributed by atoms with Crippen LogP contribution in [0.3, 0.4) is 0 Å². The minimum absolute atomic E-state index is 0.0614. The van der Waals surface area contributed by atoms with Crippen molar-refractivity contribution < 1.29 is 22.8 Å². The quantitative estimate of drug-likeness (QED) is 0.490. The summed E-state index contributed by atoms with van der Waals surface area (Å²) in [5, 5.41) is 0.0614. The number of hydrogen-bond acceptors (Lipinski definition) is 5. The Bertz CT molecular complexity index is 614. The molecule has 0 radical (unpaired) electrons. The predicted molar refractivity (Wildman–Crippen MR) is 99.5 cm³/mol. The van der Waals surface area contributed by atoms with Crippen LogP contribution in [0.5, 0.6) is 5.75 Å². The van der Waals surface area contributed by atoms with Crippen molar-refractivity contribution >= 4 is 21.7 Å². The molecule has 24 heavy (non-hydrogen) atoms. The fraction of sp³-hybridized carbons (Fsp3) is 0.588. The number of Topliss-reactive ketones (excluding diaryl/α,β-unsaturated/α-hetero) is 1. The van der Waals surface area contributed by atoms with Gasteiger partial charge in [-0.15, -0.1) is 0 Å². The lowest BCUT2D eigenvalue weighted by Crippen LogP contribution is -2.44. The van der Waals surface area contributed by atoms with Gasteiger partial charge >= 0.3 is 7.60 Å². The van der Waals surface area contributed by atoms with Crippen molar-refractivity contribution in [3.8, 4) is 5.75 Å². The maximum Gasteiger partial charge on any atom is 0.337 e. The van der Waals surface area contributed by atoms with E-state index in [1.54, 1.807) is 0 Å². The van der Waals surface area contributed by atoms with E-state index in [1.165, 1.54) is 14.2 Å². The highest BCUT2D eigenvalue weighted by molar-refractivity contribution is 7.54. The zero-order valence-corrected chi connectivity index (χ0v) is 17.6. The summed E-state index contributed by atoms with van der Waals surface area (Å²) in [6, 6.07) is 7.51. The summed E-state index contributed by atoms with van der Waals surface area (Å²) >= 11 is 0. The maximum absolute atomic E-state index is 12.3. The van der Waals surface area contributed by atoms with Gasteiger partial charge in [0.05, 0.1) is 0 Å². The first kappa shape index (κ1) is 21.1. The first-order valence-corrected chi connectivity index (χ1v) is 12.6. The van der Waals surface area contributed by atoms with Gasteiger partial charge < -0.3 is 13.5 Å². The van der Waals surface area contributed by atoms with Crippen molar-refractivity contribution in [3.63, 3.8) is 0 Å². The zero-order valence-electron chi connectivity index (χ0n) is 15.7. The molecule has 0 spiro atoms. The van der Waals surface area contributed by atoms with Crippen molar-refractivity contribution in [1.29, 1.82) is 0 Å². The lowest BCUT2D eigenvalue weighted by molar-refractivity contribution is -0.116. The molecule has 0 unspecified atom stereocenters. The molecule has 0 fully saturated rings. The van der Waals surface area contributed by atoms with Gasteiger partial charge in [-0.2, -0.15) is 0 Å². The Morgan fingerprint density at radius 3 is 2.17 bits per heavy atom. The molecule has 0 saturated carbocycles. The van der Waals surface area contributed by atoms with Crippen LogP contribution in [0.15, 0.2) is 24.3 Å². The van der Waals surface area contributed by atoms with Gasteiger partial charge in [0.1, 0.15) is 17.7 Å². The van der Waals surface area contributed by atoms with Crippen LogP contribution in [0.25, 0.3) is 0 Å². The smallest absolute Gasteiger partial charge is 0.337 e. The summed E-state index contributed by atoms with van der Waals surface area (Å²) < 4.78 is 28.1. The third-order valence-corrected chi connectivity index (χ3v) is 10.7. The first-order chi connectivity index (χ1) is 10.9. The van der Waals surface area contributed by atoms with Gasteiger partial charge in [-0.3, -0.25) is 9.36 Å². The van der Waals surface area contributed by atoms with Gasteiger partial charge in [0.25, 0.3) is 0 Å². The van der Waals surface area contributed by atoms with Crippen molar-refractivity contribution in [2.24, 2.45) is 0 Å². The number of benzene rings is 1. The van der Waals surface area contributed by atoms with Gasteiger partial charge in [0.15, 0.2) is 0 Å². The second-order valence-corrected chi connectivity index (χ2v) is 14.3. The monoisotopic (exact) mass is 372 g/mol. The second-order valence-electron chi connectivity index (χ2n) is 7.32. The van der Waals surface area contributed by atoms with Crippen molar-refractivity contribution in [2.45, 2.75) is 45.3 Å². The molecule has 1 rings (SSSR count). The van der Waals surface area contributed by atoms with Gasteiger partial charge in [-0.25, -0.2) is 0 Å². The molecule has 0 heterocycles. The number of carbonyl (C=O) groups excluding carboxylic acids is 1. The van der Waals surface area contributed by atoms with Crippen molar-refractivity contribution in [2.75, 3.05) is 20.4 Å². The Hall–Kier alpha value is -0.943. The normalized spacial score (nSPS) is 13.0. The lowest BCUT2D eigenvalue weighted by Gasteiger charge is -2.37. The first-order valence-electron chi connectivity index (χ1n) is 7.93. The van der Waals surface area contributed by atoms with E-state index in [-0.39, 0.29) is 23.4 Å². The van der Waals surface area contributed by atoms with E-state index >= 15 is 0 Å². The summed E-state index contributed by atoms with van der Waals surface area (Å²) in [5.41, 5.74) is 0.797. The Morgan fingerprint density at radius 1 is 1.12 bits per heavy atom. The van der Waals surface area contributed by atoms with E-state index in [2.05, 4.69) is 33.9 Å². The topological polar surface area (TPSA) is 61.8 Å². The fourth-order valence-electron chi connectivity index (χ4n) is 1.87. The Balaban J connectivity index is 2.95. The number of hydrogen-bond donors (Lipinski definition) is 0. The predicted octanol–water partition coefficient (Wildman–Crippen LogP) is 4.67. The molecule has 5 nitrogen and oxygen atoms in total. The van der Waals surface area contributed by atoms with Crippen LogP contribution >= 0.6 is 7.60 Å². The number of ketones is 1. The van der Waals surface area contributed by atoms with E-state index in [4.69, 9.17) is 13.5 Å². The summed E-state index contributed by atoms with van der Waals surface area (Å²) in [7, 11) is -2.78. The Morgan fingerprint density at radius 2 is 1.67 bits per heavy atom. The highest BCUT2D eigenvalue weighted by Gasteiger charge is 2.39. The lowest BCUT2D eigenvalue weighted by atomic mass is 10.1. The number of para-hydroxylation sites is 1. The third kappa shape index (κ3) is 5.55. The molecule has 7 heteroatoms. The molecule has 0 aliphatic heterocycles. The molecule has 1 aromatic rings. The minimum Gasteiger partial charge on any atom is -0.543 e. The highest BCUT2D eigenvalue weighted by Crippen LogP contribution is 2.46. The summed E-state index contributed by atoms with van der Waals surface area (Å²) in [6.07, 6.45) is -0.101. The van der Waals surface area contributed by atoms with Crippen LogP contribution in [-0.4, -0.2) is 34.5 Å². The molecule has 1 aromatic carbocycles.